The van der Waals surface area contributed by atoms with E-state index in [1.807, 2.05) is 31.2 Å². The van der Waals surface area contributed by atoms with Crippen molar-refractivity contribution in [2.75, 3.05) is 0 Å². The number of nitrogens with zero attached hydrogens (tertiary/aromatic N) is 1. The molecule has 0 saturated carbocycles. The number of oxazole rings is 1. The van der Waals surface area contributed by atoms with E-state index in [0.717, 1.165) is 17.0 Å². The third kappa shape index (κ3) is 3.60. The van der Waals surface area contributed by atoms with Crippen LogP contribution in [-0.4, -0.2) is 11.0 Å². The van der Waals surface area contributed by atoms with Gasteiger partial charge in [-0.1, -0.05) is 26.0 Å². The molecule has 96 valence electrons. The average Bonchev–Trinajstić information content (AvgIpc) is 2.74. The molecule has 0 unspecified atom stereocenters. The van der Waals surface area contributed by atoms with Gasteiger partial charge in [-0.15, -0.1) is 0 Å². The van der Waals surface area contributed by atoms with Crippen molar-refractivity contribution in [3.8, 4) is 11.8 Å². The van der Waals surface area contributed by atoms with Crippen LogP contribution in [0.15, 0.2) is 34.9 Å². The molecule has 0 fully saturated rings. The Hall–Kier alpha value is -1.81. The molecule has 2 rings (SSSR count). The van der Waals surface area contributed by atoms with Gasteiger partial charge in [-0.25, -0.2) is 0 Å². The molecule has 0 aliphatic rings. The lowest BCUT2D eigenvalue weighted by Crippen LogP contribution is -2.21. The molecule has 1 heterocycles. The maximum atomic E-state index is 5.54. The smallest absolute Gasteiger partial charge is 0.399 e. The number of benzene rings is 1. The normalized spacial score (nSPS) is 10.9. The van der Waals surface area contributed by atoms with E-state index in [1.165, 1.54) is 0 Å². The fourth-order valence-corrected chi connectivity index (χ4v) is 1.50. The van der Waals surface area contributed by atoms with E-state index in [4.69, 9.17) is 9.15 Å². The van der Waals surface area contributed by atoms with Crippen molar-refractivity contribution < 1.29 is 9.15 Å². The Bertz CT molecular complexity index is 506. The molecule has 0 aliphatic heterocycles. The molecule has 0 saturated heterocycles. The predicted octanol–water partition coefficient (Wildman–Crippen LogP) is 3.27. The highest BCUT2D eigenvalue weighted by atomic mass is 16.6. The summed E-state index contributed by atoms with van der Waals surface area (Å²) in [5.41, 5.74) is 1.98. The minimum atomic E-state index is 0.279. The number of hydrogen-bond donors (Lipinski definition) is 1. The Morgan fingerprint density at radius 1 is 1.39 bits per heavy atom. The van der Waals surface area contributed by atoms with Crippen molar-refractivity contribution in [2.24, 2.45) is 0 Å². The van der Waals surface area contributed by atoms with Gasteiger partial charge < -0.3 is 14.5 Å². The van der Waals surface area contributed by atoms with Gasteiger partial charge in [-0.2, -0.15) is 4.98 Å². The molecule has 1 N–H and O–H groups in total. The van der Waals surface area contributed by atoms with Gasteiger partial charge >= 0.3 is 6.08 Å². The van der Waals surface area contributed by atoms with Crippen LogP contribution in [0.3, 0.4) is 0 Å². The highest BCUT2D eigenvalue weighted by Gasteiger charge is 2.06. The zero-order chi connectivity index (χ0) is 13.0. The Labute approximate surface area is 107 Å². The number of aromatic nitrogens is 1. The molecular weight excluding hydrogens is 228 g/mol. The van der Waals surface area contributed by atoms with Gasteiger partial charge in [0.2, 0.25) is 0 Å². The first-order chi connectivity index (χ1) is 8.63. The summed E-state index contributed by atoms with van der Waals surface area (Å²) < 4.78 is 10.8. The van der Waals surface area contributed by atoms with E-state index in [-0.39, 0.29) is 6.08 Å². The molecular formula is C14H18N2O2. The lowest BCUT2D eigenvalue weighted by Gasteiger charge is -2.04. The van der Waals surface area contributed by atoms with E-state index in [9.17, 15) is 0 Å². The van der Waals surface area contributed by atoms with E-state index >= 15 is 0 Å². The standard InChI is InChI=1S/C14H18N2O2/c1-10(2)15-8-12-9-17-14(16-12)18-13-6-4-5-11(3)7-13/h4-7,9-10,15H,8H2,1-3H3. The van der Waals surface area contributed by atoms with E-state index in [0.29, 0.717) is 12.6 Å². The average molecular weight is 246 g/mol. The Kier molecular flexibility index (Phi) is 3.99. The van der Waals surface area contributed by atoms with Crippen LogP contribution in [0.5, 0.6) is 11.8 Å². The second-order valence-electron chi connectivity index (χ2n) is 4.56. The third-order valence-corrected chi connectivity index (χ3v) is 2.42. The van der Waals surface area contributed by atoms with Crippen molar-refractivity contribution in [3.05, 3.63) is 41.8 Å². The number of aryl methyl sites for hydroxylation is 1. The predicted molar refractivity (Wildman–Crippen MR) is 69.7 cm³/mol. The lowest BCUT2D eigenvalue weighted by atomic mass is 10.2. The van der Waals surface area contributed by atoms with E-state index < -0.39 is 0 Å². The van der Waals surface area contributed by atoms with E-state index in [2.05, 4.69) is 24.1 Å². The van der Waals surface area contributed by atoms with E-state index in [1.54, 1.807) is 6.26 Å². The topological polar surface area (TPSA) is 47.3 Å². The maximum absolute atomic E-state index is 5.54. The summed E-state index contributed by atoms with van der Waals surface area (Å²) in [5.74, 6) is 0.736. The van der Waals surface area contributed by atoms with Crippen molar-refractivity contribution in [1.82, 2.24) is 10.3 Å². The molecule has 0 amide bonds. The van der Waals surface area contributed by atoms with Gasteiger partial charge in [0.15, 0.2) is 0 Å². The quantitative estimate of drug-likeness (QED) is 0.879. The largest absolute Gasteiger partial charge is 0.417 e. The van der Waals surface area contributed by atoms with Gasteiger partial charge in [-0.05, 0) is 24.6 Å². The molecule has 4 nitrogen and oxygen atoms in total. The van der Waals surface area contributed by atoms with Crippen molar-refractivity contribution in [3.63, 3.8) is 0 Å². The summed E-state index contributed by atoms with van der Waals surface area (Å²) in [7, 11) is 0. The van der Waals surface area contributed by atoms with Gasteiger partial charge in [0.25, 0.3) is 0 Å². The number of hydrogen-bond acceptors (Lipinski definition) is 4. The highest BCUT2D eigenvalue weighted by molar-refractivity contribution is 5.29. The van der Waals surface area contributed by atoms with Crippen LogP contribution >= 0.6 is 0 Å². The highest BCUT2D eigenvalue weighted by Crippen LogP contribution is 2.21. The second-order valence-corrected chi connectivity index (χ2v) is 4.56. The monoisotopic (exact) mass is 246 g/mol. The van der Waals surface area contributed by atoms with Crippen molar-refractivity contribution in [2.45, 2.75) is 33.4 Å². The fraction of sp³-hybridized carbons (Fsp3) is 0.357. The molecule has 0 aliphatic carbocycles. The van der Waals surface area contributed by atoms with Gasteiger partial charge in [0.1, 0.15) is 12.0 Å². The Balaban J connectivity index is 1.98. The minimum Gasteiger partial charge on any atom is -0.417 e. The fourth-order valence-electron chi connectivity index (χ4n) is 1.50. The molecule has 0 radical (unpaired) electrons. The first kappa shape index (κ1) is 12.6. The maximum Gasteiger partial charge on any atom is 0.399 e. The SMILES string of the molecule is Cc1cccc(Oc2nc(CNC(C)C)co2)c1. The molecule has 1 aromatic carbocycles. The van der Waals surface area contributed by atoms with Gasteiger partial charge in [-0.3, -0.25) is 0 Å². The molecule has 0 atom stereocenters. The summed E-state index contributed by atoms with van der Waals surface area (Å²) in [6, 6.07) is 8.19. The molecule has 0 spiro atoms. The number of ether oxygens (including phenoxy) is 1. The van der Waals surface area contributed by atoms with Gasteiger partial charge in [0.05, 0.1) is 5.69 Å². The first-order valence-electron chi connectivity index (χ1n) is 6.06. The molecule has 4 heteroatoms. The molecule has 1 aromatic heterocycles. The van der Waals surface area contributed by atoms with Crippen LogP contribution in [0.4, 0.5) is 0 Å². The minimum absolute atomic E-state index is 0.279. The number of rotatable bonds is 5. The summed E-state index contributed by atoms with van der Waals surface area (Å²) in [4.78, 5) is 4.26. The first-order valence-corrected chi connectivity index (χ1v) is 6.06. The Morgan fingerprint density at radius 2 is 2.22 bits per heavy atom. The van der Waals surface area contributed by atoms with Crippen LogP contribution in [0.25, 0.3) is 0 Å². The lowest BCUT2D eigenvalue weighted by molar-refractivity contribution is 0.330. The summed E-state index contributed by atoms with van der Waals surface area (Å²) in [6.07, 6.45) is 1.89. The molecule has 18 heavy (non-hydrogen) atoms. The summed E-state index contributed by atoms with van der Waals surface area (Å²) >= 11 is 0. The Morgan fingerprint density at radius 3 is 2.94 bits per heavy atom. The number of nitrogens with one attached hydrogen (secondary N) is 1. The van der Waals surface area contributed by atoms with Crippen LogP contribution < -0.4 is 10.1 Å². The molecule has 2 aromatic rings. The summed E-state index contributed by atoms with van der Waals surface area (Å²) in [6.45, 7) is 6.87. The van der Waals surface area contributed by atoms with Crippen molar-refractivity contribution in [1.29, 1.82) is 0 Å². The summed E-state index contributed by atoms with van der Waals surface area (Å²) in [5, 5.41) is 3.27. The third-order valence-electron chi connectivity index (χ3n) is 2.42. The second kappa shape index (κ2) is 5.69. The molecule has 0 bridgehead atoms. The van der Waals surface area contributed by atoms with Crippen LogP contribution in [0.1, 0.15) is 25.1 Å². The zero-order valence-electron chi connectivity index (χ0n) is 10.9. The van der Waals surface area contributed by atoms with Crippen LogP contribution in [-0.2, 0) is 6.54 Å². The van der Waals surface area contributed by atoms with Crippen molar-refractivity contribution >= 4 is 0 Å². The van der Waals surface area contributed by atoms with Gasteiger partial charge in [0, 0.05) is 12.6 Å². The van der Waals surface area contributed by atoms with Crippen LogP contribution in [0.2, 0.25) is 0 Å². The zero-order valence-corrected chi connectivity index (χ0v) is 10.9. The van der Waals surface area contributed by atoms with Crippen LogP contribution in [0, 0.1) is 6.92 Å².